The van der Waals surface area contributed by atoms with Crippen LogP contribution in [0.2, 0.25) is 5.02 Å². The zero-order valence-electron chi connectivity index (χ0n) is 9.75. The van der Waals surface area contributed by atoms with Crippen molar-refractivity contribution < 1.29 is 0 Å². The highest BCUT2D eigenvalue weighted by atomic mass is 35.5. The van der Waals surface area contributed by atoms with Crippen LogP contribution in [0.15, 0.2) is 24.3 Å². The number of halogens is 1. The molecular formula is C14H18ClN. The fourth-order valence-corrected chi connectivity index (χ4v) is 2.09. The summed E-state index contributed by atoms with van der Waals surface area (Å²) in [4.78, 5) is 0. The molecule has 1 rings (SSSR count). The minimum atomic E-state index is -0.0504. The summed E-state index contributed by atoms with van der Waals surface area (Å²) >= 11 is 6.09. The first kappa shape index (κ1) is 13.1. The molecule has 0 radical (unpaired) electrons. The zero-order chi connectivity index (χ0) is 11.8. The Morgan fingerprint density at radius 2 is 2.00 bits per heavy atom. The molecule has 0 saturated carbocycles. The van der Waals surface area contributed by atoms with Gasteiger partial charge in [0.1, 0.15) is 0 Å². The van der Waals surface area contributed by atoms with Crippen molar-refractivity contribution in [2.75, 3.05) is 0 Å². The van der Waals surface area contributed by atoms with Crippen molar-refractivity contribution in [3.8, 4) is 6.07 Å². The standard InChI is InChI=1S/C14H18ClN/c1-2-3-4-5-8-12(11-16)13-9-6-7-10-14(13)15/h6-7,9-10,12H,2-5,8H2,1H3/t12-/m0/s1. The summed E-state index contributed by atoms with van der Waals surface area (Å²) in [7, 11) is 0. The molecule has 0 unspecified atom stereocenters. The fourth-order valence-electron chi connectivity index (χ4n) is 1.82. The molecule has 1 nitrogen and oxygen atoms in total. The Kier molecular flexibility index (Phi) is 5.96. The van der Waals surface area contributed by atoms with Crippen LogP contribution in [0.1, 0.15) is 50.5 Å². The number of rotatable bonds is 6. The van der Waals surface area contributed by atoms with Gasteiger partial charge in [-0.25, -0.2) is 0 Å². The maximum absolute atomic E-state index is 9.15. The van der Waals surface area contributed by atoms with Gasteiger partial charge in [-0.15, -0.1) is 0 Å². The lowest BCUT2D eigenvalue weighted by atomic mass is 9.94. The second-order valence-corrected chi connectivity index (χ2v) is 4.46. The smallest absolute Gasteiger partial charge is 0.0727 e. The molecule has 1 atom stereocenters. The summed E-state index contributed by atoms with van der Waals surface area (Å²) in [5, 5.41) is 9.86. The topological polar surface area (TPSA) is 23.8 Å². The van der Waals surface area contributed by atoms with Gasteiger partial charge >= 0.3 is 0 Å². The summed E-state index contributed by atoms with van der Waals surface area (Å²) in [6, 6.07) is 10.0. The molecule has 0 aliphatic carbocycles. The van der Waals surface area contributed by atoms with Gasteiger partial charge in [-0.1, -0.05) is 62.4 Å². The Morgan fingerprint density at radius 3 is 2.62 bits per heavy atom. The largest absolute Gasteiger partial charge is 0.198 e. The van der Waals surface area contributed by atoms with E-state index in [0.717, 1.165) is 18.4 Å². The lowest BCUT2D eigenvalue weighted by Gasteiger charge is -2.10. The number of benzene rings is 1. The molecule has 1 aromatic rings. The normalized spacial score (nSPS) is 12.1. The first-order valence-corrected chi connectivity index (χ1v) is 6.31. The Hall–Kier alpha value is -1.00. The summed E-state index contributed by atoms with van der Waals surface area (Å²) in [5.41, 5.74) is 0.975. The van der Waals surface area contributed by atoms with Crippen molar-refractivity contribution in [1.82, 2.24) is 0 Å². The van der Waals surface area contributed by atoms with Crippen LogP contribution in [0, 0.1) is 11.3 Å². The first-order chi connectivity index (χ1) is 7.79. The van der Waals surface area contributed by atoms with E-state index in [9.17, 15) is 0 Å². The fraction of sp³-hybridized carbons (Fsp3) is 0.500. The third kappa shape index (κ3) is 3.87. The first-order valence-electron chi connectivity index (χ1n) is 5.93. The number of hydrogen-bond donors (Lipinski definition) is 0. The van der Waals surface area contributed by atoms with Crippen LogP contribution in [-0.2, 0) is 0 Å². The van der Waals surface area contributed by atoms with E-state index in [4.69, 9.17) is 16.9 Å². The quantitative estimate of drug-likeness (QED) is 0.643. The molecule has 16 heavy (non-hydrogen) atoms. The number of hydrogen-bond acceptors (Lipinski definition) is 1. The maximum Gasteiger partial charge on any atom is 0.0727 e. The van der Waals surface area contributed by atoms with Gasteiger partial charge < -0.3 is 0 Å². The van der Waals surface area contributed by atoms with E-state index < -0.39 is 0 Å². The second kappa shape index (κ2) is 7.30. The van der Waals surface area contributed by atoms with Crippen LogP contribution in [0.4, 0.5) is 0 Å². The highest BCUT2D eigenvalue weighted by Crippen LogP contribution is 2.28. The monoisotopic (exact) mass is 235 g/mol. The van der Waals surface area contributed by atoms with Gasteiger partial charge in [0.25, 0.3) is 0 Å². The van der Waals surface area contributed by atoms with E-state index in [2.05, 4.69) is 13.0 Å². The molecular weight excluding hydrogens is 218 g/mol. The molecule has 86 valence electrons. The third-order valence-corrected chi connectivity index (χ3v) is 3.13. The molecule has 0 spiro atoms. The van der Waals surface area contributed by atoms with Crippen LogP contribution < -0.4 is 0 Å². The van der Waals surface area contributed by atoms with Crippen molar-refractivity contribution in [3.63, 3.8) is 0 Å². The van der Waals surface area contributed by atoms with Crippen molar-refractivity contribution in [2.24, 2.45) is 0 Å². The van der Waals surface area contributed by atoms with Crippen molar-refractivity contribution in [3.05, 3.63) is 34.9 Å². The molecule has 2 heteroatoms. The van der Waals surface area contributed by atoms with Crippen LogP contribution in [-0.4, -0.2) is 0 Å². The van der Waals surface area contributed by atoms with Gasteiger partial charge in [-0.3, -0.25) is 0 Å². The van der Waals surface area contributed by atoms with Crippen LogP contribution in [0.3, 0.4) is 0 Å². The molecule has 0 bridgehead atoms. The van der Waals surface area contributed by atoms with E-state index in [1.807, 2.05) is 24.3 Å². The van der Waals surface area contributed by atoms with Crippen molar-refractivity contribution >= 4 is 11.6 Å². The van der Waals surface area contributed by atoms with Gasteiger partial charge in [0, 0.05) is 5.02 Å². The number of unbranched alkanes of at least 4 members (excludes halogenated alkanes) is 3. The van der Waals surface area contributed by atoms with Crippen molar-refractivity contribution in [1.29, 1.82) is 5.26 Å². The molecule has 1 aromatic carbocycles. The van der Waals surface area contributed by atoms with Gasteiger partial charge in [0.2, 0.25) is 0 Å². The Morgan fingerprint density at radius 1 is 1.25 bits per heavy atom. The Balaban J connectivity index is 2.55. The predicted octanol–water partition coefficient (Wildman–Crippen LogP) is 4.92. The molecule has 0 aliphatic heterocycles. The lowest BCUT2D eigenvalue weighted by Crippen LogP contribution is -1.96. The minimum Gasteiger partial charge on any atom is -0.198 e. The highest BCUT2D eigenvalue weighted by Gasteiger charge is 2.12. The van der Waals surface area contributed by atoms with Gasteiger partial charge in [-0.05, 0) is 18.1 Å². The number of nitriles is 1. The molecule has 0 aromatic heterocycles. The lowest BCUT2D eigenvalue weighted by molar-refractivity contribution is 0.608. The summed E-state index contributed by atoms with van der Waals surface area (Å²) < 4.78 is 0. The molecule has 0 saturated heterocycles. The molecule has 0 N–H and O–H groups in total. The molecule has 0 amide bonds. The van der Waals surface area contributed by atoms with E-state index >= 15 is 0 Å². The van der Waals surface area contributed by atoms with E-state index in [-0.39, 0.29) is 5.92 Å². The molecule has 0 fully saturated rings. The SMILES string of the molecule is CCCCCC[C@@H](C#N)c1ccccc1Cl. The summed E-state index contributed by atoms with van der Waals surface area (Å²) in [5.74, 6) is -0.0504. The minimum absolute atomic E-state index is 0.0504. The molecule has 0 heterocycles. The van der Waals surface area contributed by atoms with E-state index in [1.54, 1.807) is 0 Å². The average Bonchev–Trinajstić information content (AvgIpc) is 2.31. The van der Waals surface area contributed by atoms with Gasteiger partial charge in [-0.2, -0.15) is 5.26 Å². The third-order valence-electron chi connectivity index (χ3n) is 2.78. The predicted molar refractivity (Wildman–Crippen MR) is 68.6 cm³/mol. The maximum atomic E-state index is 9.15. The van der Waals surface area contributed by atoms with Crippen molar-refractivity contribution in [2.45, 2.75) is 44.9 Å². The van der Waals surface area contributed by atoms with E-state index in [0.29, 0.717) is 5.02 Å². The Bertz CT molecular complexity index is 354. The second-order valence-electron chi connectivity index (χ2n) is 4.05. The van der Waals surface area contributed by atoms with Gasteiger partial charge in [0.05, 0.1) is 12.0 Å². The summed E-state index contributed by atoms with van der Waals surface area (Å²) in [6.45, 7) is 2.19. The van der Waals surface area contributed by atoms with Crippen LogP contribution >= 0.6 is 11.6 Å². The highest BCUT2D eigenvalue weighted by molar-refractivity contribution is 6.31. The van der Waals surface area contributed by atoms with E-state index in [1.165, 1.54) is 19.3 Å². The van der Waals surface area contributed by atoms with Gasteiger partial charge in [0.15, 0.2) is 0 Å². The Labute approximate surface area is 103 Å². The zero-order valence-corrected chi connectivity index (χ0v) is 10.5. The average molecular weight is 236 g/mol. The summed E-state index contributed by atoms with van der Waals surface area (Å²) in [6.07, 6.45) is 5.71. The van der Waals surface area contributed by atoms with Crippen LogP contribution in [0.25, 0.3) is 0 Å². The van der Waals surface area contributed by atoms with Crippen LogP contribution in [0.5, 0.6) is 0 Å². The molecule has 0 aliphatic rings. The number of nitrogens with zero attached hydrogens (tertiary/aromatic N) is 1.